The second-order valence-corrected chi connectivity index (χ2v) is 5.80. The van der Waals surface area contributed by atoms with Crippen molar-refractivity contribution in [1.29, 1.82) is 0 Å². The maximum absolute atomic E-state index is 12.0. The van der Waals surface area contributed by atoms with Crippen LogP contribution < -0.4 is 15.5 Å². The van der Waals surface area contributed by atoms with Gasteiger partial charge in [-0.25, -0.2) is 5.43 Å². The van der Waals surface area contributed by atoms with Gasteiger partial charge in [-0.05, 0) is 48.9 Å². The third kappa shape index (κ3) is 5.41. The van der Waals surface area contributed by atoms with E-state index in [-0.39, 0.29) is 5.91 Å². The zero-order valence-corrected chi connectivity index (χ0v) is 14.5. The zero-order valence-electron chi connectivity index (χ0n) is 12.9. The Balaban J connectivity index is 1.85. The van der Waals surface area contributed by atoms with Crippen molar-refractivity contribution in [2.45, 2.75) is 13.0 Å². The lowest BCUT2D eigenvalue weighted by Gasteiger charge is -2.13. The van der Waals surface area contributed by atoms with Crippen LogP contribution in [0.5, 0.6) is 5.75 Å². The highest BCUT2D eigenvalue weighted by Crippen LogP contribution is 2.15. The molecule has 0 spiro atoms. The molecule has 1 amide bonds. The Hall–Kier alpha value is -2.34. The van der Waals surface area contributed by atoms with Gasteiger partial charge in [-0.3, -0.25) is 4.79 Å². The molecule has 0 aliphatic rings. The molecule has 120 valence electrons. The smallest absolute Gasteiger partial charge is 0.262 e. The summed E-state index contributed by atoms with van der Waals surface area (Å²) in [6.07, 6.45) is 1.60. The van der Waals surface area contributed by atoms with E-state index in [4.69, 9.17) is 4.74 Å². The Labute approximate surface area is 143 Å². The highest BCUT2D eigenvalue weighted by atomic mass is 79.9. The van der Waals surface area contributed by atoms with E-state index in [1.54, 1.807) is 20.2 Å². The standard InChI is InChI=1S/C17H18BrN3O2/c1-12(20-15-7-9-16(23-2)10-8-15)17(22)21-19-11-13-3-5-14(18)6-4-13/h3-12,20H,1-2H3,(H,21,22)/b19-11-/t12-/m0/s1. The van der Waals surface area contributed by atoms with Gasteiger partial charge in [-0.1, -0.05) is 28.1 Å². The molecule has 0 aliphatic carbocycles. The van der Waals surface area contributed by atoms with Gasteiger partial charge >= 0.3 is 0 Å². The molecule has 6 heteroatoms. The van der Waals surface area contributed by atoms with Gasteiger partial charge in [-0.2, -0.15) is 5.10 Å². The van der Waals surface area contributed by atoms with Crippen LogP contribution in [0.2, 0.25) is 0 Å². The van der Waals surface area contributed by atoms with Gasteiger partial charge in [0.2, 0.25) is 0 Å². The normalized spacial score (nSPS) is 12.0. The molecule has 2 aromatic rings. The van der Waals surface area contributed by atoms with Crippen molar-refractivity contribution >= 4 is 33.7 Å². The van der Waals surface area contributed by atoms with Gasteiger partial charge in [0, 0.05) is 10.2 Å². The van der Waals surface area contributed by atoms with E-state index in [0.29, 0.717) is 0 Å². The SMILES string of the molecule is COc1ccc(N[C@@H](C)C(=O)N/N=C\c2ccc(Br)cc2)cc1. The number of halogens is 1. The van der Waals surface area contributed by atoms with E-state index in [9.17, 15) is 4.79 Å². The minimum atomic E-state index is -0.412. The van der Waals surface area contributed by atoms with Crippen LogP contribution in [0.25, 0.3) is 0 Å². The van der Waals surface area contributed by atoms with Crippen molar-refractivity contribution < 1.29 is 9.53 Å². The molecular formula is C17H18BrN3O2. The first-order chi connectivity index (χ1) is 11.1. The summed E-state index contributed by atoms with van der Waals surface area (Å²) < 4.78 is 6.09. The first-order valence-corrected chi connectivity index (χ1v) is 7.87. The predicted molar refractivity (Wildman–Crippen MR) is 96.0 cm³/mol. The summed E-state index contributed by atoms with van der Waals surface area (Å²) in [5.41, 5.74) is 4.26. The number of hydrogen-bond acceptors (Lipinski definition) is 4. The Morgan fingerprint density at radius 1 is 1.17 bits per heavy atom. The quantitative estimate of drug-likeness (QED) is 0.600. The van der Waals surface area contributed by atoms with Gasteiger partial charge in [0.1, 0.15) is 11.8 Å². The molecule has 0 saturated heterocycles. The predicted octanol–water partition coefficient (Wildman–Crippen LogP) is 3.41. The number of methoxy groups -OCH3 is 1. The fourth-order valence-electron chi connectivity index (χ4n) is 1.82. The molecule has 0 aromatic heterocycles. The maximum atomic E-state index is 12.0. The average Bonchev–Trinajstić information content (AvgIpc) is 2.57. The molecular weight excluding hydrogens is 358 g/mol. The highest BCUT2D eigenvalue weighted by Gasteiger charge is 2.11. The fourth-order valence-corrected chi connectivity index (χ4v) is 2.08. The molecule has 0 bridgehead atoms. The molecule has 0 heterocycles. The van der Waals surface area contributed by atoms with Crippen LogP contribution in [-0.2, 0) is 4.79 Å². The highest BCUT2D eigenvalue weighted by molar-refractivity contribution is 9.10. The summed E-state index contributed by atoms with van der Waals surface area (Å²) in [5.74, 6) is 0.556. The van der Waals surface area contributed by atoms with E-state index in [1.165, 1.54) is 0 Å². The van der Waals surface area contributed by atoms with Crippen LogP contribution in [0.4, 0.5) is 5.69 Å². The first-order valence-electron chi connectivity index (χ1n) is 7.07. The van der Waals surface area contributed by atoms with Gasteiger partial charge in [0.25, 0.3) is 5.91 Å². The number of rotatable bonds is 6. The van der Waals surface area contributed by atoms with E-state index >= 15 is 0 Å². The molecule has 0 fully saturated rings. The Bertz CT molecular complexity index is 669. The number of ether oxygens (including phenoxy) is 1. The van der Waals surface area contributed by atoms with Crippen LogP contribution in [0.15, 0.2) is 58.1 Å². The Morgan fingerprint density at radius 3 is 2.43 bits per heavy atom. The van der Waals surface area contributed by atoms with Crippen molar-refractivity contribution in [3.05, 3.63) is 58.6 Å². The lowest BCUT2D eigenvalue weighted by atomic mass is 10.2. The average molecular weight is 376 g/mol. The molecule has 5 nitrogen and oxygen atoms in total. The largest absolute Gasteiger partial charge is 0.497 e. The Kier molecular flexibility index (Phi) is 6.17. The first kappa shape index (κ1) is 17.0. The fraction of sp³-hybridized carbons (Fsp3) is 0.176. The second-order valence-electron chi connectivity index (χ2n) is 4.88. The third-order valence-corrected chi connectivity index (χ3v) is 3.65. The number of hydrazone groups is 1. The molecule has 23 heavy (non-hydrogen) atoms. The number of carbonyl (C=O) groups excluding carboxylic acids is 1. The molecule has 0 radical (unpaired) electrons. The summed E-state index contributed by atoms with van der Waals surface area (Å²) in [6, 6.07) is 14.6. The lowest BCUT2D eigenvalue weighted by molar-refractivity contribution is -0.121. The van der Waals surface area contributed by atoms with Crippen molar-refractivity contribution in [2.24, 2.45) is 5.10 Å². The van der Waals surface area contributed by atoms with Gasteiger partial charge < -0.3 is 10.1 Å². The van der Waals surface area contributed by atoms with Crippen molar-refractivity contribution in [3.63, 3.8) is 0 Å². The lowest BCUT2D eigenvalue weighted by Crippen LogP contribution is -2.34. The van der Waals surface area contributed by atoms with Crippen molar-refractivity contribution in [1.82, 2.24) is 5.43 Å². The summed E-state index contributed by atoms with van der Waals surface area (Å²) in [4.78, 5) is 12.0. The van der Waals surface area contributed by atoms with Crippen LogP contribution in [0, 0.1) is 0 Å². The van der Waals surface area contributed by atoms with E-state index in [0.717, 1.165) is 21.5 Å². The van der Waals surface area contributed by atoms with Crippen LogP contribution >= 0.6 is 15.9 Å². The summed E-state index contributed by atoms with van der Waals surface area (Å²) in [5, 5.41) is 7.06. The van der Waals surface area contributed by atoms with Crippen molar-refractivity contribution in [3.8, 4) is 5.75 Å². The van der Waals surface area contributed by atoms with Gasteiger partial charge in [0.15, 0.2) is 0 Å². The Morgan fingerprint density at radius 2 is 1.83 bits per heavy atom. The van der Waals surface area contributed by atoms with E-state index in [1.807, 2.05) is 48.5 Å². The molecule has 0 aliphatic heterocycles. The summed E-state index contributed by atoms with van der Waals surface area (Å²) >= 11 is 3.37. The molecule has 2 N–H and O–H groups in total. The maximum Gasteiger partial charge on any atom is 0.262 e. The minimum Gasteiger partial charge on any atom is -0.497 e. The zero-order chi connectivity index (χ0) is 16.7. The summed E-state index contributed by atoms with van der Waals surface area (Å²) in [7, 11) is 1.61. The van der Waals surface area contributed by atoms with Crippen LogP contribution in [0.1, 0.15) is 12.5 Å². The molecule has 2 rings (SSSR count). The number of carbonyl (C=O) groups is 1. The molecule has 2 aromatic carbocycles. The number of nitrogens with one attached hydrogen (secondary N) is 2. The number of amides is 1. The number of benzene rings is 2. The molecule has 0 unspecified atom stereocenters. The third-order valence-electron chi connectivity index (χ3n) is 3.12. The molecule has 1 atom stereocenters. The van der Waals surface area contributed by atoms with E-state index in [2.05, 4.69) is 31.8 Å². The topological polar surface area (TPSA) is 62.7 Å². The monoisotopic (exact) mass is 375 g/mol. The number of anilines is 1. The van der Waals surface area contributed by atoms with E-state index < -0.39 is 6.04 Å². The second kappa shape index (κ2) is 8.33. The minimum absolute atomic E-state index is 0.214. The van der Waals surface area contributed by atoms with Crippen LogP contribution in [0.3, 0.4) is 0 Å². The van der Waals surface area contributed by atoms with Crippen LogP contribution in [-0.4, -0.2) is 25.3 Å². The van der Waals surface area contributed by atoms with Gasteiger partial charge in [0.05, 0.1) is 13.3 Å². The molecule has 0 saturated carbocycles. The number of hydrogen-bond donors (Lipinski definition) is 2. The van der Waals surface area contributed by atoms with Gasteiger partial charge in [-0.15, -0.1) is 0 Å². The number of nitrogens with zero attached hydrogens (tertiary/aromatic N) is 1. The summed E-state index contributed by atoms with van der Waals surface area (Å²) in [6.45, 7) is 1.77. The van der Waals surface area contributed by atoms with Crippen molar-refractivity contribution in [2.75, 3.05) is 12.4 Å².